The predicted molar refractivity (Wildman–Crippen MR) is 114 cm³/mol. The van der Waals surface area contributed by atoms with Gasteiger partial charge in [-0.2, -0.15) is 23.5 Å². The molecule has 1 saturated carbocycles. The molecule has 0 atom stereocenters. The van der Waals surface area contributed by atoms with Crippen molar-refractivity contribution in [1.29, 1.82) is 5.26 Å². The van der Waals surface area contributed by atoms with Gasteiger partial charge in [0, 0.05) is 19.0 Å². The Labute approximate surface area is 192 Å². The number of amides is 1. The number of ketones is 1. The fourth-order valence-electron chi connectivity index (χ4n) is 3.87. The summed E-state index contributed by atoms with van der Waals surface area (Å²) in [5, 5.41) is 16.5. The Bertz CT molecular complexity index is 1260. The average Bonchev–Trinajstić information content (AvgIpc) is 3.21. The normalized spacial score (nSPS) is 15.6. The second-order valence-corrected chi connectivity index (χ2v) is 8.08. The van der Waals surface area contributed by atoms with E-state index in [1.54, 1.807) is 19.1 Å². The van der Waals surface area contributed by atoms with Crippen LogP contribution in [0.15, 0.2) is 42.9 Å². The van der Waals surface area contributed by atoms with Crippen LogP contribution in [0.25, 0.3) is 5.82 Å². The molecule has 1 aliphatic rings. The number of Topliss-reactive ketones (excluding diaryl/α,β-unsaturated/α-hetero) is 1. The molecule has 0 radical (unpaired) electrons. The first kappa shape index (κ1) is 23.1. The van der Waals surface area contributed by atoms with Crippen molar-refractivity contribution in [3.8, 4) is 11.9 Å². The molecular weight excluding hydrogens is 449 g/mol. The molecule has 3 aromatic rings. The van der Waals surface area contributed by atoms with Crippen LogP contribution < -0.4 is 5.32 Å². The van der Waals surface area contributed by atoms with E-state index in [2.05, 4.69) is 26.5 Å². The molecule has 3 aromatic heterocycles. The van der Waals surface area contributed by atoms with E-state index in [4.69, 9.17) is 0 Å². The predicted octanol–water partition coefficient (Wildman–Crippen LogP) is 4.15. The Balaban J connectivity index is 1.49. The summed E-state index contributed by atoms with van der Waals surface area (Å²) >= 11 is 0. The molecule has 0 unspecified atom stereocenters. The van der Waals surface area contributed by atoms with E-state index in [9.17, 15) is 28.0 Å². The van der Waals surface area contributed by atoms with E-state index in [1.807, 2.05) is 0 Å². The number of nitriles is 1. The van der Waals surface area contributed by atoms with Gasteiger partial charge in [-0.05, 0) is 44.0 Å². The summed E-state index contributed by atoms with van der Waals surface area (Å²) in [5.74, 6) is -0.205. The van der Waals surface area contributed by atoms with E-state index < -0.39 is 23.1 Å². The van der Waals surface area contributed by atoms with Gasteiger partial charge in [0.15, 0.2) is 5.82 Å². The van der Waals surface area contributed by atoms with Crippen LogP contribution in [0.4, 0.5) is 18.9 Å². The number of aromatic nitrogens is 4. The molecule has 1 fully saturated rings. The number of hydrogen-bond donors (Lipinski definition) is 1. The monoisotopic (exact) mass is 468 g/mol. The fourth-order valence-corrected chi connectivity index (χ4v) is 3.87. The van der Waals surface area contributed by atoms with Crippen molar-refractivity contribution >= 4 is 17.4 Å². The number of halogens is 3. The van der Waals surface area contributed by atoms with E-state index in [1.165, 1.54) is 23.1 Å². The highest BCUT2D eigenvalue weighted by Gasteiger charge is 2.38. The van der Waals surface area contributed by atoms with Gasteiger partial charge in [0.25, 0.3) is 5.91 Å². The average molecular weight is 468 g/mol. The van der Waals surface area contributed by atoms with Gasteiger partial charge >= 0.3 is 6.18 Å². The first-order valence-corrected chi connectivity index (χ1v) is 10.4. The lowest BCUT2D eigenvalue weighted by molar-refractivity contribution is -0.137. The van der Waals surface area contributed by atoms with E-state index in [0.29, 0.717) is 49.0 Å². The molecular formula is C23H19F3N6O2. The summed E-state index contributed by atoms with van der Waals surface area (Å²) in [7, 11) is 0. The Hall–Kier alpha value is -4.07. The van der Waals surface area contributed by atoms with Crippen molar-refractivity contribution in [2.24, 2.45) is 0 Å². The number of pyridine rings is 2. The van der Waals surface area contributed by atoms with Crippen molar-refractivity contribution in [2.45, 2.75) is 44.2 Å². The van der Waals surface area contributed by atoms with Crippen molar-refractivity contribution in [2.75, 3.05) is 5.32 Å². The van der Waals surface area contributed by atoms with Crippen LogP contribution in [0.1, 0.15) is 53.0 Å². The SMILES string of the molecule is Cc1c(C(=O)Nc2ccc(C3(C#N)CCC(=O)CC3)nc2)cnn1-c1ccc(C(F)(F)F)cn1. The zero-order chi connectivity index (χ0) is 24.5. The molecule has 8 nitrogen and oxygen atoms in total. The molecule has 3 heterocycles. The minimum atomic E-state index is -4.50. The molecule has 1 N–H and O–H groups in total. The first-order valence-electron chi connectivity index (χ1n) is 10.4. The Morgan fingerprint density at radius 3 is 2.41 bits per heavy atom. The smallest absolute Gasteiger partial charge is 0.320 e. The maximum atomic E-state index is 12.8. The largest absolute Gasteiger partial charge is 0.417 e. The summed E-state index contributed by atoms with van der Waals surface area (Å²) in [5.41, 5.74) is -0.142. The fraction of sp³-hybridized carbons (Fsp3) is 0.304. The van der Waals surface area contributed by atoms with E-state index in [-0.39, 0.29) is 17.2 Å². The summed E-state index contributed by atoms with van der Waals surface area (Å²) < 4.78 is 39.5. The number of nitrogens with one attached hydrogen (secondary N) is 1. The molecule has 0 bridgehead atoms. The first-order chi connectivity index (χ1) is 16.1. The maximum Gasteiger partial charge on any atom is 0.417 e. The highest BCUT2D eigenvalue weighted by atomic mass is 19.4. The third-order valence-electron chi connectivity index (χ3n) is 5.93. The van der Waals surface area contributed by atoms with Crippen LogP contribution >= 0.6 is 0 Å². The summed E-state index contributed by atoms with van der Waals surface area (Å²) in [6, 6.07) is 7.67. The van der Waals surface area contributed by atoms with Gasteiger partial charge in [-0.15, -0.1) is 0 Å². The van der Waals surface area contributed by atoms with Crippen molar-refractivity contribution in [1.82, 2.24) is 19.7 Å². The molecule has 11 heteroatoms. The Kier molecular flexibility index (Phi) is 5.91. The molecule has 34 heavy (non-hydrogen) atoms. The molecule has 1 aliphatic carbocycles. The van der Waals surface area contributed by atoms with Crippen LogP contribution in [0.3, 0.4) is 0 Å². The number of carbonyl (C=O) groups is 2. The molecule has 4 rings (SSSR count). The summed E-state index contributed by atoms with van der Waals surface area (Å²) in [4.78, 5) is 32.5. The zero-order valence-corrected chi connectivity index (χ0v) is 18.1. The van der Waals surface area contributed by atoms with Crippen molar-refractivity contribution in [3.05, 3.63) is 65.4 Å². The molecule has 0 aliphatic heterocycles. The van der Waals surface area contributed by atoms with Gasteiger partial charge in [0.1, 0.15) is 11.2 Å². The minimum Gasteiger partial charge on any atom is -0.320 e. The Morgan fingerprint density at radius 2 is 1.85 bits per heavy atom. The molecule has 0 spiro atoms. The highest BCUT2D eigenvalue weighted by molar-refractivity contribution is 6.04. The second kappa shape index (κ2) is 8.70. The molecule has 1 amide bonds. The van der Waals surface area contributed by atoms with Gasteiger partial charge in [0.2, 0.25) is 0 Å². The van der Waals surface area contributed by atoms with Gasteiger partial charge in [-0.25, -0.2) is 9.67 Å². The number of anilines is 1. The van der Waals surface area contributed by atoms with Crippen molar-refractivity contribution < 1.29 is 22.8 Å². The quantitative estimate of drug-likeness (QED) is 0.616. The lowest BCUT2D eigenvalue weighted by Crippen LogP contribution is -2.31. The topological polar surface area (TPSA) is 114 Å². The van der Waals surface area contributed by atoms with Gasteiger partial charge in [-0.1, -0.05) is 0 Å². The molecule has 0 saturated heterocycles. The zero-order valence-electron chi connectivity index (χ0n) is 18.1. The third kappa shape index (κ3) is 4.39. The lowest BCUT2D eigenvalue weighted by Gasteiger charge is -2.29. The maximum absolute atomic E-state index is 12.8. The lowest BCUT2D eigenvalue weighted by atomic mass is 9.72. The number of hydrogen-bond acceptors (Lipinski definition) is 6. The standard InChI is InChI=1S/C23H19F3N6O2/c1-14-18(12-30-32(14)20-5-2-15(10-29-20)23(24,25)26)21(34)31-16-3-4-19(28-11-16)22(13-27)8-6-17(33)7-9-22/h2-5,10-12H,6-9H2,1H3,(H,31,34). The minimum absolute atomic E-state index is 0.136. The number of carbonyl (C=O) groups excluding carboxylic acids is 2. The van der Waals surface area contributed by atoms with E-state index in [0.717, 1.165) is 6.07 Å². The van der Waals surface area contributed by atoms with Crippen LogP contribution in [0.2, 0.25) is 0 Å². The van der Waals surface area contributed by atoms with Crippen LogP contribution in [0, 0.1) is 18.3 Å². The van der Waals surface area contributed by atoms with Crippen molar-refractivity contribution in [3.63, 3.8) is 0 Å². The van der Waals surface area contributed by atoms with Crippen LogP contribution in [-0.2, 0) is 16.4 Å². The Morgan fingerprint density at radius 1 is 1.12 bits per heavy atom. The number of nitrogens with zero attached hydrogens (tertiary/aromatic N) is 5. The number of alkyl halides is 3. The van der Waals surface area contributed by atoms with Crippen LogP contribution in [-0.4, -0.2) is 31.4 Å². The summed E-state index contributed by atoms with van der Waals surface area (Å²) in [6.45, 7) is 1.60. The van der Waals surface area contributed by atoms with Gasteiger partial charge in [-0.3, -0.25) is 14.6 Å². The summed E-state index contributed by atoms with van der Waals surface area (Å²) in [6.07, 6.45) is 0.458. The number of rotatable bonds is 4. The molecule has 174 valence electrons. The van der Waals surface area contributed by atoms with E-state index >= 15 is 0 Å². The third-order valence-corrected chi connectivity index (χ3v) is 5.93. The molecule has 0 aromatic carbocycles. The second-order valence-electron chi connectivity index (χ2n) is 8.08. The van der Waals surface area contributed by atoms with Gasteiger partial charge in [0.05, 0.1) is 46.7 Å². The highest BCUT2D eigenvalue weighted by Crippen LogP contribution is 2.37. The van der Waals surface area contributed by atoms with Crippen LogP contribution in [0.5, 0.6) is 0 Å². The van der Waals surface area contributed by atoms with Gasteiger partial charge < -0.3 is 5.32 Å².